The van der Waals surface area contributed by atoms with Gasteiger partial charge in [0.15, 0.2) is 0 Å². The molecular formula is C11H23N3O3. The van der Waals surface area contributed by atoms with Crippen molar-refractivity contribution in [2.75, 3.05) is 19.6 Å². The zero-order chi connectivity index (χ0) is 13.3. The monoisotopic (exact) mass is 245 g/mol. The second kappa shape index (κ2) is 7.89. The van der Waals surface area contributed by atoms with Crippen LogP contribution in [0.2, 0.25) is 0 Å². The number of rotatable bonds is 8. The number of amides is 2. The maximum atomic E-state index is 11.2. The number of hydrogen-bond donors (Lipinski definition) is 4. The summed E-state index contributed by atoms with van der Waals surface area (Å²) in [5.41, 5.74) is 5.16. The van der Waals surface area contributed by atoms with Crippen LogP contribution in [0.5, 0.6) is 0 Å². The van der Waals surface area contributed by atoms with E-state index >= 15 is 0 Å². The van der Waals surface area contributed by atoms with Crippen LogP contribution in [-0.2, 0) is 4.79 Å². The quantitative estimate of drug-likeness (QED) is 0.500. The van der Waals surface area contributed by atoms with E-state index in [1.165, 1.54) is 0 Å². The molecule has 100 valence electrons. The molecule has 0 fully saturated rings. The molecule has 6 heteroatoms. The van der Waals surface area contributed by atoms with Gasteiger partial charge in [0.25, 0.3) is 0 Å². The third-order valence-corrected chi connectivity index (χ3v) is 2.53. The van der Waals surface area contributed by atoms with Crippen molar-refractivity contribution in [2.24, 2.45) is 11.1 Å². The number of aliphatic carboxylic acids is 1. The van der Waals surface area contributed by atoms with Crippen molar-refractivity contribution >= 4 is 12.0 Å². The Morgan fingerprint density at radius 2 is 1.76 bits per heavy atom. The molecule has 17 heavy (non-hydrogen) atoms. The van der Waals surface area contributed by atoms with E-state index in [4.69, 9.17) is 10.8 Å². The molecule has 0 aliphatic rings. The summed E-state index contributed by atoms with van der Waals surface area (Å²) in [4.78, 5) is 21.6. The van der Waals surface area contributed by atoms with Crippen LogP contribution in [0.4, 0.5) is 4.79 Å². The van der Waals surface area contributed by atoms with Gasteiger partial charge in [0.1, 0.15) is 0 Å². The third kappa shape index (κ3) is 9.62. The van der Waals surface area contributed by atoms with Gasteiger partial charge in [-0.15, -0.1) is 0 Å². The Kier molecular flexibility index (Phi) is 7.29. The lowest BCUT2D eigenvalue weighted by molar-refractivity contribution is -0.137. The van der Waals surface area contributed by atoms with Crippen molar-refractivity contribution in [3.63, 3.8) is 0 Å². The first-order valence-corrected chi connectivity index (χ1v) is 5.81. The summed E-state index contributed by atoms with van der Waals surface area (Å²) in [6, 6.07) is -0.232. The van der Waals surface area contributed by atoms with Crippen molar-refractivity contribution in [2.45, 2.75) is 33.1 Å². The molecule has 5 N–H and O–H groups in total. The van der Waals surface area contributed by atoms with Crippen LogP contribution < -0.4 is 16.4 Å². The lowest BCUT2D eigenvalue weighted by Gasteiger charge is -2.23. The number of nitrogens with one attached hydrogen (secondary N) is 2. The van der Waals surface area contributed by atoms with E-state index in [1.54, 1.807) is 0 Å². The van der Waals surface area contributed by atoms with Gasteiger partial charge in [-0.05, 0) is 18.3 Å². The standard InChI is InChI=1S/C11H23N3O3/c1-11(2,4-3-9(15)16)5-7-13-10(17)14-8-6-12/h3-8,12H2,1-2H3,(H,15,16)(H2,13,14,17). The number of carboxylic acids is 1. The second-order valence-electron chi connectivity index (χ2n) is 4.78. The molecule has 0 heterocycles. The number of urea groups is 1. The highest BCUT2D eigenvalue weighted by molar-refractivity contribution is 5.73. The van der Waals surface area contributed by atoms with E-state index in [0.29, 0.717) is 26.1 Å². The zero-order valence-corrected chi connectivity index (χ0v) is 10.6. The Morgan fingerprint density at radius 3 is 2.29 bits per heavy atom. The smallest absolute Gasteiger partial charge is 0.314 e. The van der Waals surface area contributed by atoms with Crippen LogP contribution in [0.25, 0.3) is 0 Å². The van der Waals surface area contributed by atoms with Crippen molar-refractivity contribution in [1.82, 2.24) is 10.6 Å². The molecule has 0 atom stereocenters. The molecule has 0 aliphatic carbocycles. The highest BCUT2D eigenvalue weighted by Crippen LogP contribution is 2.25. The first-order valence-electron chi connectivity index (χ1n) is 5.81. The van der Waals surface area contributed by atoms with E-state index in [-0.39, 0.29) is 17.9 Å². The van der Waals surface area contributed by atoms with E-state index < -0.39 is 5.97 Å². The summed E-state index contributed by atoms with van der Waals surface area (Å²) < 4.78 is 0. The lowest BCUT2D eigenvalue weighted by atomic mass is 9.84. The topological polar surface area (TPSA) is 104 Å². The molecule has 0 unspecified atom stereocenters. The van der Waals surface area contributed by atoms with Crippen molar-refractivity contribution < 1.29 is 14.7 Å². The average Bonchev–Trinajstić information content (AvgIpc) is 2.23. The average molecular weight is 245 g/mol. The molecule has 0 aromatic heterocycles. The first-order chi connectivity index (χ1) is 7.87. The largest absolute Gasteiger partial charge is 0.481 e. The third-order valence-electron chi connectivity index (χ3n) is 2.53. The van der Waals surface area contributed by atoms with Gasteiger partial charge in [-0.2, -0.15) is 0 Å². The number of carbonyl (C=O) groups excluding carboxylic acids is 1. The summed E-state index contributed by atoms with van der Waals surface area (Å²) in [5, 5.41) is 13.9. The Bertz CT molecular complexity index is 254. The number of hydrogen-bond acceptors (Lipinski definition) is 3. The molecule has 0 rings (SSSR count). The van der Waals surface area contributed by atoms with Gasteiger partial charge in [-0.1, -0.05) is 13.8 Å². The van der Waals surface area contributed by atoms with Crippen LogP contribution in [0.15, 0.2) is 0 Å². The normalized spacial score (nSPS) is 11.0. The molecular weight excluding hydrogens is 222 g/mol. The van der Waals surface area contributed by atoms with Crippen LogP contribution in [0, 0.1) is 5.41 Å². The molecule has 0 radical (unpaired) electrons. The van der Waals surface area contributed by atoms with E-state index in [0.717, 1.165) is 6.42 Å². The van der Waals surface area contributed by atoms with Crippen molar-refractivity contribution in [3.8, 4) is 0 Å². The molecule has 0 aromatic carbocycles. The summed E-state index contributed by atoms with van der Waals surface area (Å²) in [6.07, 6.45) is 1.51. The lowest BCUT2D eigenvalue weighted by Crippen LogP contribution is -2.39. The zero-order valence-electron chi connectivity index (χ0n) is 10.6. The fourth-order valence-corrected chi connectivity index (χ4v) is 1.33. The summed E-state index contributed by atoms with van der Waals surface area (Å²) in [7, 11) is 0. The number of carbonyl (C=O) groups is 2. The van der Waals surface area contributed by atoms with Gasteiger partial charge < -0.3 is 21.5 Å². The molecule has 0 aromatic rings. The van der Waals surface area contributed by atoms with Gasteiger partial charge in [-0.3, -0.25) is 4.79 Å². The van der Waals surface area contributed by atoms with E-state index in [1.807, 2.05) is 13.8 Å². The molecule has 6 nitrogen and oxygen atoms in total. The Hall–Kier alpha value is -1.30. The minimum Gasteiger partial charge on any atom is -0.481 e. The minimum atomic E-state index is -0.785. The molecule has 0 saturated carbocycles. The van der Waals surface area contributed by atoms with Crippen LogP contribution in [0.1, 0.15) is 33.1 Å². The van der Waals surface area contributed by atoms with Crippen LogP contribution in [0.3, 0.4) is 0 Å². The first kappa shape index (κ1) is 15.7. The predicted octanol–water partition coefficient (Wildman–Crippen LogP) is 0.525. The van der Waals surface area contributed by atoms with Gasteiger partial charge in [0.2, 0.25) is 0 Å². The maximum absolute atomic E-state index is 11.2. The van der Waals surface area contributed by atoms with Crippen LogP contribution >= 0.6 is 0 Å². The molecule has 0 spiro atoms. The maximum Gasteiger partial charge on any atom is 0.314 e. The fourth-order valence-electron chi connectivity index (χ4n) is 1.33. The van der Waals surface area contributed by atoms with Crippen molar-refractivity contribution in [1.29, 1.82) is 0 Å². The number of nitrogens with two attached hydrogens (primary N) is 1. The van der Waals surface area contributed by atoms with Crippen molar-refractivity contribution in [3.05, 3.63) is 0 Å². The second-order valence-corrected chi connectivity index (χ2v) is 4.78. The Morgan fingerprint density at radius 1 is 1.18 bits per heavy atom. The minimum absolute atomic E-state index is 0.0838. The Labute approximate surface area is 102 Å². The van der Waals surface area contributed by atoms with Gasteiger partial charge in [0, 0.05) is 26.1 Å². The van der Waals surface area contributed by atoms with Gasteiger partial charge in [0.05, 0.1) is 0 Å². The highest BCUT2D eigenvalue weighted by atomic mass is 16.4. The van der Waals surface area contributed by atoms with Gasteiger partial charge >= 0.3 is 12.0 Å². The number of carboxylic acid groups (broad SMARTS) is 1. The van der Waals surface area contributed by atoms with E-state index in [2.05, 4.69) is 10.6 Å². The SMILES string of the molecule is CC(C)(CCNC(=O)NCCN)CCC(=O)O. The van der Waals surface area contributed by atoms with Crippen LogP contribution in [-0.4, -0.2) is 36.7 Å². The molecule has 2 amide bonds. The molecule has 0 bridgehead atoms. The van der Waals surface area contributed by atoms with E-state index in [9.17, 15) is 9.59 Å². The molecule has 0 saturated heterocycles. The summed E-state index contributed by atoms with van der Waals surface area (Å²) in [5.74, 6) is -0.785. The fraction of sp³-hybridized carbons (Fsp3) is 0.818. The highest BCUT2D eigenvalue weighted by Gasteiger charge is 2.18. The molecule has 0 aliphatic heterocycles. The Balaban J connectivity index is 3.70. The predicted molar refractivity (Wildman–Crippen MR) is 65.7 cm³/mol. The summed E-state index contributed by atoms with van der Waals surface area (Å²) >= 11 is 0. The van der Waals surface area contributed by atoms with Gasteiger partial charge in [-0.25, -0.2) is 4.79 Å². The summed E-state index contributed by atoms with van der Waals surface area (Å²) in [6.45, 7) is 5.39.